The molecular formula is C27H26N2O5S. The van der Waals surface area contributed by atoms with E-state index in [0.29, 0.717) is 18.0 Å². The Bertz CT molecular complexity index is 1400. The molecule has 0 radical (unpaired) electrons. The predicted octanol–water partition coefficient (Wildman–Crippen LogP) is 5.44. The average Bonchev–Trinajstić information content (AvgIpc) is 3.54. The number of nitrogens with one attached hydrogen (secondary N) is 2. The molecule has 7 nitrogen and oxygen atoms in total. The molecule has 0 aromatic heterocycles. The summed E-state index contributed by atoms with van der Waals surface area (Å²) in [6.45, 7) is 2.71. The fraction of sp³-hybridized carbons (Fsp3) is 0.259. The quantitative estimate of drug-likeness (QED) is 0.448. The Morgan fingerprint density at radius 3 is 2.69 bits per heavy atom. The highest BCUT2D eigenvalue weighted by Gasteiger charge is 2.39. The molecule has 3 aromatic carbocycles. The molecule has 2 aliphatic heterocycles. The zero-order valence-corrected chi connectivity index (χ0v) is 20.0. The summed E-state index contributed by atoms with van der Waals surface area (Å²) < 4.78 is 45.5. The first-order valence-corrected chi connectivity index (χ1v) is 13.2. The summed E-state index contributed by atoms with van der Waals surface area (Å²) in [6.07, 6.45) is 5.30. The molecule has 1 aliphatic carbocycles. The van der Waals surface area contributed by atoms with Gasteiger partial charge in [0.15, 0.2) is 11.5 Å². The molecule has 8 heteroatoms. The van der Waals surface area contributed by atoms with Gasteiger partial charge in [-0.2, -0.15) is 0 Å². The fourth-order valence-corrected chi connectivity index (χ4v) is 6.27. The molecule has 0 bridgehead atoms. The maximum absolute atomic E-state index is 13.2. The topological polar surface area (TPSA) is 85.9 Å². The Balaban J connectivity index is 1.28. The molecule has 2 N–H and O–H groups in total. The van der Waals surface area contributed by atoms with Crippen molar-refractivity contribution in [3.05, 3.63) is 83.9 Å². The van der Waals surface area contributed by atoms with Crippen LogP contribution >= 0.6 is 0 Å². The normalized spacial score (nSPS) is 21.7. The van der Waals surface area contributed by atoms with Crippen molar-refractivity contribution in [1.29, 1.82) is 0 Å². The van der Waals surface area contributed by atoms with Gasteiger partial charge in [0, 0.05) is 17.3 Å². The fourth-order valence-electron chi connectivity index (χ4n) is 5.18. The van der Waals surface area contributed by atoms with Crippen LogP contribution in [0.4, 0.5) is 11.4 Å². The van der Waals surface area contributed by atoms with Gasteiger partial charge < -0.3 is 19.5 Å². The number of sulfonamides is 1. The number of fused-ring (bicyclic) bond motifs is 4. The van der Waals surface area contributed by atoms with Gasteiger partial charge in [-0.1, -0.05) is 18.2 Å². The lowest BCUT2D eigenvalue weighted by atomic mass is 9.77. The van der Waals surface area contributed by atoms with Crippen molar-refractivity contribution in [3.8, 4) is 17.2 Å². The van der Waals surface area contributed by atoms with Crippen LogP contribution in [0.25, 0.3) is 0 Å². The van der Waals surface area contributed by atoms with Crippen LogP contribution in [0.3, 0.4) is 0 Å². The van der Waals surface area contributed by atoms with Crippen LogP contribution in [-0.2, 0) is 10.0 Å². The molecule has 0 saturated carbocycles. The summed E-state index contributed by atoms with van der Waals surface area (Å²) in [5.41, 5.74) is 3.56. The molecule has 35 heavy (non-hydrogen) atoms. The molecule has 3 atom stereocenters. The maximum Gasteiger partial charge on any atom is 0.261 e. The highest BCUT2D eigenvalue weighted by Crippen LogP contribution is 2.51. The number of rotatable bonds is 6. The minimum Gasteiger partial charge on any atom is -0.494 e. The van der Waals surface area contributed by atoms with Crippen molar-refractivity contribution >= 4 is 21.4 Å². The molecule has 0 spiro atoms. The van der Waals surface area contributed by atoms with Crippen molar-refractivity contribution in [2.45, 2.75) is 30.2 Å². The molecule has 0 fully saturated rings. The first kappa shape index (κ1) is 21.9. The van der Waals surface area contributed by atoms with E-state index in [0.717, 1.165) is 34.7 Å². The van der Waals surface area contributed by atoms with E-state index in [-0.39, 0.29) is 29.6 Å². The van der Waals surface area contributed by atoms with Gasteiger partial charge in [0.25, 0.3) is 10.0 Å². The number of anilines is 2. The highest BCUT2D eigenvalue weighted by atomic mass is 32.2. The standard InChI is InChI=1S/C27H26N2O5S/c1-2-32-19-9-7-18(8-10-19)29-35(30,31)20-11-12-24-23(15-20)21-4-3-5-22(21)27(28-24)17-6-13-25-26(14-17)34-16-33-25/h3-4,6-15,21-22,27-29H,2,5,16H2,1H3/t21-,22+,27+/m0/s1. The third kappa shape index (κ3) is 3.97. The summed E-state index contributed by atoms with van der Waals surface area (Å²) in [6, 6.07) is 18.4. The number of hydrogen-bond donors (Lipinski definition) is 2. The third-order valence-electron chi connectivity index (χ3n) is 6.82. The molecule has 180 valence electrons. The van der Waals surface area contributed by atoms with Gasteiger partial charge in [-0.25, -0.2) is 8.42 Å². The van der Waals surface area contributed by atoms with Gasteiger partial charge in [-0.15, -0.1) is 0 Å². The summed E-state index contributed by atoms with van der Waals surface area (Å²) in [5, 5.41) is 3.66. The highest BCUT2D eigenvalue weighted by molar-refractivity contribution is 7.92. The smallest absolute Gasteiger partial charge is 0.261 e. The van der Waals surface area contributed by atoms with Gasteiger partial charge in [0.05, 0.1) is 17.5 Å². The van der Waals surface area contributed by atoms with E-state index in [1.54, 1.807) is 36.4 Å². The lowest BCUT2D eigenvalue weighted by Gasteiger charge is -2.37. The van der Waals surface area contributed by atoms with Crippen LogP contribution in [0.1, 0.15) is 36.4 Å². The molecule has 2 heterocycles. The van der Waals surface area contributed by atoms with Crippen LogP contribution < -0.4 is 24.2 Å². The van der Waals surface area contributed by atoms with Gasteiger partial charge in [0.1, 0.15) is 5.75 Å². The Kier molecular flexibility index (Phi) is 5.33. The van der Waals surface area contributed by atoms with Gasteiger partial charge >= 0.3 is 0 Å². The maximum atomic E-state index is 13.2. The van der Waals surface area contributed by atoms with E-state index in [9.17, 15) is 8.42 Å². The van der Waals surface area contributed by atoms with Crippen molar-refractivity contribution in [3.63, 3.8) is 0 Å². The first-order valence-electron chi connectivity index (χ1n) is 11.7. The predicted molar refractivity (Wildman–Crippen MR) is 134 cm³/mol. The van der Waals surface area contributed by atoms with E-state index in [4.69, 9.17) is 14.2 Å². The van der Waals surface area contributed by atoms with Crippen LogP contribution in [0.15, 0.2) is 77.7 Å². The van der Waals surface area contributed by atoms with E-state index < -0.39 is 10.0 Å². The summed E-state index contributed by atoms with van der Waals surface area (Å²) >= 11 is 0. The zero-order valence-electron chi connectivity index (χ0n) is 19.2. The Hall–Kier alpha value is -3.65. The third-order valence-corrected chi connectivity index (χ3v) is 8.20. The van der Waals surface area contributed by atoms with E-state index in [1.807, 2.05) is 25.1 Å². The van der Waals surface area contributed by atoms with E-state index >= 15 is 0 Å². The van der Waals surface area contributed by atoms with Crippen molar-refractivity contribution < 1.29 is 22.6 Å². The molecule has 3 aromatic rings. The van der Waals surface area contributed by atoms with E-state index in [2.05, 4.69) is 28.3 Å². The zero-order chi connectivity index (χ0) is 24.0. The van der Waals surface area contributed by atoms with Gasteiger partial charge in [-0.05, 0) is 85.0 Å². The Morgan fingerprint density at radius 1 is 1.03 bits per heavy atom. The minimum atomic E-state index is -3.75. The minimum absolute atomic E-state index is 0.0847. The molecule has 0 amide bonds. The second-order valence-electron chi connectivity index (χ2n) is 8.90. The summed E-state index contributed by atoms with van der Waals surface area (Å²) in [4.78, 5) is 0.243. The van der Waals surface area contributed by atoms with Crippen LogP contribution in [0.2, 0.25) is 0 Å². The van der Waals surface area contributed by atoms with Gasteiger partial charge in [-0.3, -0.25) is 4.72 Å². The lowest BCUT2D eigenvalue weighted by molar-refractivity contribution is 0.174. The van der Waals surface area contributed by atoms with Crippen molar-refractivity contribution in [2.75, 3.05) is 23.4 Å². The number of hydrogen-bond acceptors (Lipinski definition) is 6. The molecule has 0 unspecified atom stereocenters. The number of ether oxygens (including phenoxy) is 3. The first-order chi connectivity index (χ1) is 17.0. The van der Waals surface area contributed by atoms with Crippen LogP contribution in [0, 0.1) is 5.92 Å². The monoisotopic (exact) mass is 490 g/mol. The summed E-state index contributed by atoms with van der Waals surface area (Å²) in [5.74, 6) is 2.63. The van der Waals surface area contributed by atoms with Crippen LogP contribution in [0.5, 0.6) is 17.2 Å². The van der Waals surface area contributed by atoms with Crippen molar-refractivity contribution in [1.82, 2.24) is 0 Å². The molecule has 6 rings (SSSR count). The molecule has 3 aliphatic rings. The summed E-state index contributed by atoms with van der Waals surface area (Å²) in [7, 11) is -3.75. The number of allylic oxidation sites excluding steroid dienone is 2. The van der Waals surface area contributed by atoms with Gasteiger partial charge in [0.2, 0.25) is 6.79 Å². The SMILES string of the molecule is CCOc1ccc(NS(=O)(=O)c2ccc3c(c2)[C@H]2C=CC[C@H]2[C@@H](c2ccc4c(c2)OCO4)N3)cc1. The second-order valence-corrected chi connectivity index (χ2v) is 10.6. The Labute approximate surface area is 204 Å². The Morgan fingerprint density at radius 2 is 1.86 bits per heavy atom. The van der Waals surface area contributed by atoms with E-state index in [1.165, 1.54) is 0 Å². The molecule has 0 saturated heterocycles. The average molecular weight is 491 g/mol. The number of benzene rings is 3. The largest absolute Gasteiger partial charge is 0.494 e. The lowest BCUT2D eigenvalue weighted by Crippen LogP contribution is -2.29. The molecular weight excluding hydrogens is 464 g/mol. The van der Waals surface area contributed by atoms with Crippen molar-refractivity contribution in [2.24, 2.45) is 5.92 Å². The van der Waals surface area contributed by atoms with Crippen LogP contribution in [-0.4, -0.2) is 21.8 Å². The second kappa shape index (κ2) is 8.53.